The lowest BCUT2D eigenvalue weighted by Gasteiger charge is -2.25. The zero-order valence-electron chi connectivity index (χ0n) is 15.6. The second kappa shape index (κ2) is 6.80. The minimum Gasteiger partial charge on any atom is -0.454 e. The molecule has 2 aromatic carbocycles. The van der Waals surface area contributed by atoms with Gasteiger partial charge < -0.3 is 24.6 Å². The molecular formula is C21H19N3O5. The van der Waals surface area contributed by atoms with Crippen LogP contribution in [-0.2, 0) is 9.59 Å². The molecule has 3 aliphatic rings. The average molecular weight is 393 g/mol. The molecule has 0 bridgehead atoms. The fraction of sp³-hybridized carbons (Fsp3) is 0.286. The summed E-state index contributed by atoms with van der Waals surface area (Å²) in [4.78, 5) is 41.9. The van der Waals surface area contributed by atoms with Gasteiger partial charge in [-0.15, -0.1) is 0 Å². The van der Waals surface area contributed by atoms with Gasteiger partial charge in [0, 0.05) is 18.3 Å². The summed E-state index contributed by atoms with van der Waals surface area (Å²) in [7, 11) is 0. The number of ether oxygens (including phenoxy) is 2. The number of nitrogens with zero attached hydrogens (tertiary/aromatic N) is 2. The van der Waals surface area contributed by atoms with Crippen LogP contribution in [-0.4, -0.2) is 48.5 Å². The Morgan fingerprint density at radius 3 is 2.83 bits per heavy atom. The van der Waals surface area contributed by atoms with Crippen LogP contribution in [0.4, 0.5) is 11.4 Å². The van der Waals surface area contributed by atoms with Crippen LogP contribution in [0.1, 0.15) is 23.2 Å². The molecule has 29 heavy (non-hydrogen) atoms. The number of rotatable bonds is 3. The number of amides is 3. The molecule has 3 heterocycles. The molecule has 0 saturated carbocycles. The standard InChI is InChI=1S/C21H19N3O5/c25-19(22-13-7-8-17-18(10-13)29-12-28-17)11-24-15-5-2-1-4-14(15)20(26)23-9-3-6-16(23)21(24)27/h1-2,4-5,7-8,10,16H,3,6,9,11-12H2,(H,22,25)/t16-/m0/s1. The maximum atomic E-state index is 13.2. The predicted octanol–water partition coefficient (Wildman–Crippen LogP) is 2.01. The van der Waals surface area contributed by atoms with Crippen molar-refractivity contribution in [1.29, 1.82) is 0 Å². The van der Waals surface area contributed by atoms with Crippen molar-refractivity contribution >= 4 is 29.1 Å². The third kappa shape index (κ3) is 2.97. The van der Waals surface area contributed by atoms with Crippen LogP contribution >= 0.6 is 0 Å². The second-order valence-corrected chi connectivity index (χ2v) is 7.21. The number of hydrogen-bond donors (Lipinski definition) is 1. The summed E-state index contributed by atoms with van der Waals surface area (Å²) in [5.41, 5.74) is 1.47. The zero-order valence-corrected chi connectivity index (χ0v) is 15.6. The van der Waals surface area contributed by atoms with E-state index < -0.39 is 6.04 Å². The Hall–Kier alpha value is -3.55. The first kappa shape index (κ1) is 17.5. The highest BCUT2D eigenvalue weighted by molar-refractivity contribution is 6.13. The van der Waals surface area contributed by atoms with E-state index in [2.05, 4.69) is 5.32 Å². The minimum atomic E-state index is -0.520. The molecule has 1 N–H and O–H groups in total. The number of fused-ring (bicyclic) bond motifs is 3. The molecule has 8 heteroatoms. The van der Waals surface area contributed by atoms with Gasteiger partial charge in [-0.2, -0.15) is 0 Å². The number of carbonyl (C=O) groups excluding carboxylic acids is 3. The van der Waals surface area contributed by atoms with E-state index in [0.29, 0.717) is 41.4 Å². The van der Waals surface area contributed by atoms with E-state index in [0.717, 1.165) is 6.42 Å². The molecule has 2 aromatic rings. The zero-order chi connectivity index (χ0) is 20.0. The van der Waals surface area contributed by atoms with Crippen molar-refractivity contribution in [2.45, 2.75) is 18.9 Å². The molecule has 8 nitrogen and oxygen atoms in total. The van der Waals surface area contributed by atoms with Crippen LogP contribution in [0.2, 0.25) is 0 Å². The quantitative estimate of drug-likeness (QED) is 0.862. The molecule has 0 aliphatic carbocycles. The van der Waals surface area contributed by atoms with Gasteiger partial charge in [-0.3, -0.25) is 14.4 Å². The lowest BCUT2D eigenvalue weighted by atomic mass is 10.1. The van der Waals surface area contributed by atoms with E-state index in [1.165, 1.54) is 4.90 Å². The van der Waals surface area contributed by atoms with Crippen molar-refractivity contribution in [1.82, 2.24) is 4.90 Å². The first-order valence-electron chi connectivity index (χ1n) is 9.53. The second-order valence-electron chi connectivity index (χ2n) is 7.21. The number of benzene rings is 2. The number of anilines is 2. The largest absolute Gasteiger partial charge is 0.454 e. The molecule has 3 aliphatic heterocycles. The fourth-order valence-electron chi connectivity index (χ4n) is 4.09. The van der Waals surface area contributed by atoms with E-state index in [1.807, 2.05) is 0 Å². The topological polar surface area (TPSA) is 88.2 Å². The van der Waals surface area contributed by atoms with Crippen molar-refractivity contribution in [3.8, 4) is 11.5 Å². The third-order valence-electron chi connectivity index (χ3n) is 5.45. The Morgan fingerprint density at radius 2 is 1.93 bits per heavy atom. The average Bonchev–Trinajstić information content (AvgIpc) is 3.38. The molecule has 3 amide bonds. The summed E-state index contributed by atoms with van der Waals surface area (Å²) >= 11 is 0. The molecule has 1 atom stereocenters. The summed E-state index contributed by atoms with van der Waals surface area (Å²) in [6.07, 6.45) is 1.39. The highest BCUT2D eigenvalue weighted by Gasteiger charge is 2.42. The lowest BCUT2D eigenvalue weighted by Crippen LogP contribution is -2.47. The van der Waals surface area contributed by atoms with E-state index in [4.69, 9.17) is 9.47 Å². The first-order valence-corrected chi connectivity index (χ1v) is 9.53. The number of carbonyl (C=O) groups is 3. The number of nitrogens with one attached hydrogen (secondary N) is 1. The minimum absolute atomic E-state index is 0.151. The van der Waals surface area contributed by atoms with Crippen LogP contribution in [0.25, 0.3) is 0 Å². The van der Waals surface area contributed by atoms with Gasteiger partial charge in [-0.25, -0.2) is 0 Å². The summed E-state index contributed by atoms with van der Waals surface area (Å²) in [5, 5.41) is 2.79. The van der Waals surface area contributed by atoms with Gasteiger partial charge in [-0.05, 0) is 37.1 Å². The third-order valence-corrected chi connectivity index (χ3v) is 5.45. The van der Waals surface area contributed by atoms with Crippen LogP contribution in [0.15, 0.2) is 42.5 Å². The smallest absolute Gasteiger partial charge is 0.256 e. The Kier molecular flexibility index (Phi) is 4.12. The molecule has 0 unspecified atom stereocenters. The van der Waals surface area contributed by atoms with Gasteiger partial charge in [-0.1, -0.05) is 12.1 Å². The fourth-order valence-corrected chi connectivity index (χ4v) is 4.09. The lowest BCUT2D eigenvalue weighted by molar-refractivity contribution is -0.124. The Morgan fingerprint density at radius 1 is 1.10 bits per heavy atom. The first-order chi connectivity index (χ1) is 14.1. The maximum absolute atomic E-state index is 13.2. The number of para-hydroxylation sites is 1. The van der Waals surface area contributed by atoms with Crippen molar-refractivity contribution < 1.29 is 23.9 Å². The monoisotopic (exact) mass is 393 g/mol. The van der Waals surface area contributed by atoms with Gasteiger partial charge in [0.05, 0.1) is 11.3 Å². The molecule has 0 aromatic heterocycles. The molecule has 5 rings (SSSR count). The van der Waals surface area contributed by atoms with Crippen LogP contribution < -0.4 is 19.7 Å². The van der Waals surface area contributed by atoms with Crippen LogP contribution in [0.3, 0.4) is 0 Å². The van der Waals surface area contributed by atoms with Crippen molar-refractivity contribution in [3.05, 3.63) is 48.0 Å². The SMILES string of the molecule is O=C(CN1C(=O)[C@@H]2CCCN2C(=O)c2ccccc21)Nc1ccc2c(c1)OCO2. The molecule has 1 fully saturated rings. The van der Waals surface area contributed by atoms with E-state index in [1.54, 1.807) is 47.4 Å². The van der Waals surface area contributed by atoms with Crippen LogP contribution in [0, 0.1) is 0 Å². The van der Waals surface area contributed by atoms with Gasteiger partial charge >= 0.3 is 0 Å². The molecule has 0 radical (unpaired) electrons. The van der Waals surface area contributed by atoms with Gasteiger partial charge in [0.2, 0.25) is 18.6 Å². The highest BCUT2D eigenvalue weighted by atomic mass is 16.7. The Balaban J connectivity index is 1.41. The molecular weight excluding hydrogens is 374 g/mol. The summed E-state index contributed by atoms with van der Waals surface area (Å²) in [6.45, 7) is 0.528. The van der Waals surface area contributed by atoms with Crippen molar-refractivity contribution in [2.75, 3.05) is 30.1 Å². The molecule has 1 saturated heterocycles. The normalized spacial score (nSPS) is 19.7. The molecule has 0 spiro atoms. The Bertz CT molecular complexity index is 1020. The highest BCUT2D eigenvalue weighted by Crippen LogP contribution is 2.35. The molecule has 148 valence electrons. The van der Waals surface area contributed by atoms with Crippen molar-refractivity contribution in [3.63, 3.8) is 0 Å². The summed E-state index contributed by atoms with van der Waals surface area (Å²) in [5.74, 6) is 0.452. The summed E-state index contributed by atoms with van der Waals surface area (Å²) in [6, 6.07) is 11.5. The summed E-state index contributed by atoms with van der Waals surface area (Å²) < 4.78 is 10.6. The van der Waals surface area contributed by atoms with Gasteiger partial charge in [0.1, 0.15) is 12.6 Å². The van der Waals surface area contributed by atoms with E-state index in [-0.39, 0.29) is 31.1 Å². The predicted molar refractivity (Wildman–Crippen MR) is 104 cm³/mol. The van der Waals surface area contributed by atoms with Crippen LogP contribution in [0.5, 0.6) is 11.5 Å². The Labute approximate surface area is 167 Å². The maximum Gasteiger partial charge on any atom is 0.256 e. The van der Waals surface area contributed by atoms with E-state index in [9.17, 15) is 14.4 Å². The van der Waals surface area contributed by atoms with E-state index >= 15 is 0 Å². The van der Waals surface area contributed by atoms with Crippen molar-refractivity contribution in [2.24, 2.45) is 0 Å². The van der Waals surface area contributed by atoms with Gasteiger partial charge in [0.15, 0.2) is 11.5 Å². The van der Waals surface area contributed by atoms with Gasteiger partial charge in [0.25, 0.3) is 5.91 Å². The number of hydrogen-bond acceptors (Lipinski definition) is 5.